The van der Waals surface area contributed by atoms with Gasteiger partial charge in [-0.3, -0.25) is 0 Å². The minimum Gasteiger partial charge on any atom is -0.460 e. The highest BCUT2D eigenvalue weighted by Crippen LogP contribution is 2.01. The van der Waals surface area contributed by atoms with Gasteiger partial charge in [-0.1, -0.05) is 59.0 Å². The fourth-order valence-corrected chi connectivity index (χ4v) is 1.85. The molecule has 0 saturated heterocycles. The number of hydrogen-bond acceptors (Lipinski definition) is 5. The van der Waals surface area contributed by atoms with Crippen molar-refractivity contribution in [2.75, 3.05) is 39.6 Å². The summed E-state index contributed by atoms with van der Waals surface area (Å²) in [5.41, 5.74) is 0.372. The van der Waals surface area contributed by atoms with Gasteiger partial charge in [-0.15, -0.1) is 0 Å². The number of hydrogen-bond donors (Lipinski definition) is 1. The molecule has 0 amide bonds. The summed E-state index contributed by atoms with van der Waals surface area (Å²) in [5.74, 6) is -0.414. The first-order valence-corrected chi connectivity index (χ1v) is 9.69. The third-order valence-electron chi connectivity index (χ3n) is 3.33. The van der Waals surface area contributed by atoms with Gasteiger partial charge in [0.2, 0.25) is 0 Å². The summed E-state index contributed by atoms with van der Waals surface area (Å²) in [6.45, 7) is 12.2. The van der Waals surface area contributed by atoms with E-state index in [4.69, 9.17) is 19.3 Å². The third kappa shape index (κ3) is 25.4. The number of aliphatic hydroxyl groups excluding tert-OH is 1. The fourth-order valence-electron chi connectivity index (χ4n) is 1.85. The largest absolute Gasteiger partial charge is 0.460 e. The van der Waals surface area contributed by atoms with Crippen LogP contribution in [0.25, 0.3) is 0 Å². The van der Waals surface area contributed by atoms with Crippen LogP contribution >= 0.6 is 0 Å². The van der Waals surface area contributed by atoms with Gasteiger partial charge >= 0.3 is 5.97 Å². The average Bonchev–Trinajstić information content (AvgIpc) is 2.60. The van der Waals surface area contributed by atoms with E-state index >= 15 is 0 Å². The average molecular weight is 361 g/mol. The van der Waals surface area contributed by atoms with Crippen LogP contribution < -0.4 is 0 Å². The first-order valence-electron chi connectivity index (χ1n) is 9.69. The maximum Gasteiger partial charge on any atom is 0.333 e. The van der Waals surface area contributed by atoms with Crippen molar-refractivity contribution in [1.29, 1.82) is 0 Å². The second-order valence-electron chi connectivity index (χ2n) is 5.99. The molecule has 0 rings (SSSR count). The number of aliphatic hydroxyl groups is 1. The fraction of sp³-hybridized carbons (Fsp3) is 0.850. The van der Waals surface area contributed by atoms with Crippen LogP contribution in [-0.2, 0) is 19.0 Å². The lowest BCUT2D eigenvalue weighted by atomic mass is 10.2. The lowest BCUT2D eigenvalue weighted by Gasteiger charge is -2.03. The zero-order chi connectivity index (χ0) is 19.2. The quantitative estimate of drug-likeness (QED) is 0.253. The molecule has 5 heteroatoms. The molecule has 0 spiro atoms. The van der Waals surface area contributed by atoms with Crippen LogP contribution in [0.1, 0.15) is 72.1 Å². The van der Waals surface area contributed by atoms with Crippen molar-refractivity contribution in [1.82, 2.24) is 0 Å². The monoisotopic (exact) mass is 360 g/mol. The minimum atomic E-state index is -0.414. The Balaban J connectivity index is 0. The molecule has 0 unspecified atom stereocenters. The van der Waals surface area contributed by atoms with E-state index in [0.717, 1.165) is 13.2 Å². The Labute approximate surface area is 154 Å². The molecule has 0 aromatic carbocycles. The maximum atomic E-state index is 10.7. The summed E-state index contributed by atoms with van der Waals surface area (Å²) in [6, 6.07) is 0. The normalized spacial score (nSPS) is 10.1. The van der Waals surface area contributed by atoms with Gasteiger partial charge in [-0.25, -0.2) is 4.79 Å². The maximum absolute atomic E-state index is 10.7. The first-order chi connectivity index (χ1) is 12.1. The van der Waals surface area contributed by atoms with Crippen LogP contribution in [0, 0.1) is 0 Å². The van der Waals surface area contributed by atoms with Crippen molar-refractivity contribution in [3.8, 4) is 0 Å². The molecule has 0 radical (unpaired) electrons. The van der Waals surface area contributed by atoms with E-state index in [9.17, 15) is 4.79 Å². The molecule has 0 atom stereocenters. The molecule has 0 aliphatic carbocycles. The van der Waals surface area contributed by atoms with E-state index in [1.807, 2.05) is 0 Å². The summed E-state index contributed by atoms with van der Waals surface area (Å²) in [7, 11) is 0. The second kappa shape index (κ2) is 23.1. The predicted octanol–water partition coefficient (Wildman–Crippen LogP) is 4.28. The molecule has 25 heavy (non-hydrogen) atoms. The van der Waals surface area contributed by atoms with Gasteiger partial charge in [-0.2, -0.15) is 0 Å². The minimum absolute atomic E-state index is 0.0194. The zero-order valence-electron chi connectivity index (χ0n) is 16.7. The molecule has 150 valence electrons. The Morgan fingerprint density at radius 1 is 0.800 bits per heavy atom. The molecule has 0 fully saturated rings. The van der Waals surface area contributed by atoms with E-state index in [-0.39, 0.29) is 19.8 Å². The Morgan fingerprint density at radius 3 is 1.76 bits per heavy atom. The predicted molar refractivity (Wildman–Crippen MR) is 103 cm³/mol. The van der Waals surface area contributed by atoms with Crippen LogP contribution in [0.15, 0.2) is 12.2 Å². The highest BCUT2D eigenvalue weighted by atomic mass is 16.6. The lowest BCUT2D eigenvalue weighted by Crippen LogP contribution is -2.12. The standard InChI is InChI=1S/C12H26O.C8H14O4/c1-3-5-7-9-11-13-12-10-8-6-4-2;1-7(2)8(10)12-6-5-11-4-3-9/h3-12H2,1-2H3;9H,1,3-6H2,2H3. The third-order valence-corrected chi connectivity index (χ3v) is 3.33. The lowest BCUT2D eigenvalue weighted by molar-refractivity contribution is -0.140. The summed E-state index contributed by atoms with van der Waals surface area (Å²) in [5, 5.41) is 8.32. The number of carbonyl (C=O) groups is 1. The number of rotatable bonds is 16. The Bertz CT molecular complexity index is 282. The van der Waals surface area contributed by atoms with Crippen molar-refractivity contribution >= 4 is 5.97 Å². The molecule has 0 aliphatic rings. The molecule has 0 aromatic rings. The molecule has 5 nitrogen and oxygen atoms in total. The van der Waals surface area contributed by atoms with Crippen molar-refractivity contribution in [3.05, 3.63) is 12.2 Å². The highest BCUT2D eigenvalue weighted by molar-refractivity contribution is 5.86. The number of carbonyl (C=O) groups excluding carboxylic acids is 1. The molecular weight excluding hydrogens is 320 g/mol. The molecule has 0 bridgehead atoms. The molecule has 0 aromatic heterocycles. The molecule has 0 aliphatic heterocycles. The smallest absolute Gasteiger partial charge is 0.333 e. The van der Waals surface area contributed by atoms with Crippen molar-refractivity contribution < 1.29 is 24.1 Å². The van der Waals surface area contributed by atoms with Gasteiger partial charge in [0.05, 0.1) is 19.8 Å². The van der Waals surface area contributed by atoms with E-state index in [1.165, 1.54) is 51.4 Å². The van der Waals surface area contributed by atoms with Gasteiger partial charge in [0, 0.05) is 18.8 Å². The second-order valence-corrected chi connectivity index (χ2v) is 5.99. The summed E-state index contributed by atoms with van der Waals surface area (Å²) in [6.07, 6.45) is 10.5. The van der Waals surface area contributed by atoms with Gasteiger partial charge < -0.3 is 19.3 Å². The van der Waals surface area contributed by atoms with Crippen molar-refractivity contribution in [2.24, 2.45) is 0 Å². The van der Waals surface area contributed by atoms with Crippen LogP contribution in [0.5, 0.6) is 0 Å². The van der Waals surface area contributed by atoms with Gasteiger partial charge in [-0.05, 0) is 19.8 Å². The summed E-state index contributed by atoms with van der Waals surface area (Å²) >= 11 is 0. The molecule has 1 N–H and O–H groups in total. The number of ether oxygens (including phenoxy) is 3. The Morgan fingerprint density at radius 2 is 1.32 bits per heavy atom. The van der Waals surface area contributed by atoms with Crippen LogP contribution in [0.3, 0.4) is 0 Å². The van der Waals surface area contributed by atoms with E-state index < -0.39 is 5.97 Å². The first kappa shape index (κ1) is 26.3. The highest BCUT2D eigenvalue weighted by Gasteiger charge is 2.01. The van der Waals surface area contributed by atoms with Crippen molar-refractivity contribution in [2.45, 2.75) is 72.1 Å². The topological polar surface area (TPSA) is 65.0 Å². The molecular formula is C20H40O5. The Hall–Kier alpha value is -0.910. The number of esters is 1. The van der Waals surface area contributed by atoms with E-state index in [1.54, 1.807) is 6.92 Å². The number of unbranched alkanes of at least 4 members (excludes halogenated alkanes) is 6. The van der Waals surface area contributed by atoms with E-state index in [2.05, 4.69) is 20.4 Å². The van der Waals surface area contributed by atoms with Crippen molar-refractivity contribution in [3.63, 3.8) is 0 Å². The summed E-state index contributed by atoms with van der Waals surface area (Å²) < 4.78 is 15.1. The van der Waals surface area contributed by atoms with Gasteiger partial charge in [0.1, 0.15) is 6.61 Å². The molecule has 0 saturated carbocycles. The summed E-state index contributed by atoms with van der Waals surface area (Å²) in [4.78, 5) is 10.7. The Kier molecular flexibility index (Phi) is 24.3. The van der Waals surface area contributed by atoms with Gasteiger partial charge in [0.25, 0.3) is 0 Å². The van der Waals surface area contributed by atoms with Crippen LogP contribution in [0.2, 0.25) is 0 Å². The van der Waals surface area contributed by atoms with Crippen LogP contribution in [0.4, 0.5) is 0 Å². The zero-order valence-corrected chi connectivity index (χ0v) is 16.7. The van der Waals surface area contributed by atoms with Crippen LogP contribution in [-0.4, -0.2) is 50.7 Å². The van der Waals surface area contributed by atoms with Gasteiger partial charge in [0.15, 0.2) is 0 Å². The molecule has 0 heterocycles. The SMILES string of the molecule is C=C(C)C(=O)OCCOCCO.CCCCCCOCCCCCC. The van der Waals surface area contributed by atoms with E-state index in [0.29, 0.717) is 12.2 Å².